The summed E-state index contributed by atoms with van der Waals surface area (Å²) in [7, 11) is -3.78. The molecule has 9 nitrogen and oxygen atoms in total. The monoisotopic (exact) mass is 626 g/mol. The average Bonchev–Trinajstić information content (AvgIpc) is 3.30. The van der Waals surface area contributed by atoms with Crippen molar-refractivity contribution in [1.82, 2.24) is 19.8 Å². The Balaban J connectivity index is 1.50. The van der Waals surface area contributed by atoms with Crippen molar-refractivity contribution in [3.05, 3.63) is 70.2 Å². The van der Waals surface area contributed by atoms with Crippen molar-refractivity contribution < 1.29 is 31.9 Å². The van der Waals surface area contributed by atoms with Crippen LogP contribution in [0.1, 0.15) is 37.3 Å². The van der Waals surface area contributed by atoms with Crippen molar-refractivity contribution in [2.45, 2.75) is 56.5 Å². The van der Waals surface area contributed by atoms with Crippen LogP contribution in [0.2, 0.25) is 5.02 Å². The summed E-state index contributed by atoms with van der Waals surface area (Å²) in [5, 5.41) is 17.8. The zero-order chi connectivity index (χ0) is 30.4. The number of amides is 2. The van der Waals surface area contributed by atoms with Crippen molar-refractivity contribution >= 4 is 33.4 Å². The Labute approximate surface area is 250 Å². The first-order valence-corrected chi connectivity index (χ1v) is 16.1. The number of nitrogens with one attached hydrogen (secondary N) is 2. The molecule has 230 valence electrons. The minimum atomic E-state index is -3.78. The normalized spacial score (nSPS) is 21.4. The summed E-state index contributed by atoms with van der Waals surface area (Å²) in [5.74, 6) is -3.09. The Bertz CT molecular complexity index is 1360. The summed E-state index contributed by atoms with van der Waals surface area (Å²) in [5.41, 5.74) is 0.737. The number of hydrogen-bond acceptors (Lipinski definition) is 6. The molecular formula is C29H37ClF2N4O5S. The van der Waals surface area contributed by atoms with Gasteiger partial charge in [-0.2, -0.15) is 4.31 Å². The largest absolute Gasteiger partial charge is 0.389 e. The second-order valence-corrected chi connectivity index (χ2v) is 13.4. The van der Waals surface area contributed by atoms with E-state index >= 15 is 0 Å². The van der Waals surface area contributed by atoms with Crippen LogP contribution in [-0.4, -0.2) is 85.5 Å². The number of sulfonamides is 1. The topological polar surface area (TPSA) is 119 Å². The molecule has 2 heterocycles. The SMILES string of the molecule is CCCCN1CC(C(=O)NC(Cc2cc(F)cc(F)c2)[C@H](O)[C@H]2CN(S(=O)(=O)Cc3cccc(Cl)c3)CCN2)CC1=O. The van der Waals surface area contributed by atoms with E-state index < -0.39 is 51.7 Å². The number of benzene rings is 2. The van der Waals surface area contributed by atoms with E-state index in [1.54, 1.807) is 29.2 Å². The third-order valence-corrected chi connectivity index (χ3v) is 9.75. The minimum Gasteiger partial charge on any atom is -0.389 e. The van der Waals surface area contributed by atoms with Gasteiger partial charge in [-0.05, 0) is 48.2 Å². The maximum absolute atomic E-state index is 14.0. The molecule has 0 spiro atoms. The predicted molar refractivity (Wildman–Crippen MR) is 155 cm³/mol. The van der Waals surface area contributed by atoms with E-state index in [2.05, 4.69) is 10.6 Å². The summed E-state index contributed by atoms with van der Waals surface area (Å²) in [6, 6.07) is 7.72. The van der Waals surface area contributed by atoms with Crippen molar-refractivity contribution in [3.8, 4) is 0 Å². The number of hydrogen-bond donors (Lipinski definition) is 3. The zero-order valence-electron chi connectivity index (χ0n) is 23.4. The Kier molecular flexibility index (Phi) is 10.9. The Morgan fingerprint density at radius 1 is 1.17 bits per heavy atom. The van der Waals surface area contributed by atoms with Crippen LogP contribution in [0.4, 0.5) is 8.78 Å². The van der Waals surface area contributed by atoms with E-state index in [0.717, 1.165) is 31.0 Å². The van der Waals surface area contributed by atoms with Crippen LogP contribution in [0.3, 0.4) is 0 Å². The van der Waals surface area contributed by atoms with Crippen LogP contribution in [0.5, 0.6) is 0 Å². The molecule has 2 fully saturated rings. The Morgan fingerprint density at radius 2 is 1.90 bits per heavy atom. The predicted octanol–water partition coefficient (Wildman–Crippen LogP) is 2.46. The first-order valence-electron chi connectivity index (χ1n) is 14.1. The fraction of sp³-hybridized carbons (Fsp3) is 0.517. The number of piperazine rings is 1. The molecule has 0 saturated carbocycles. The first-order chi connectivity index (χ1) is 19.9. The van der Waals surface area contributed by atoms with Gasteiger partial charge in [0.05, 0.1) is 23.8 Å². The minimum absolute atomic E-state index is 0.0319. The van der Waals surface area contributed by atoms with Crippen LogP contribution in [-0.2, 0) is 31.8 Å². The van der Waals surface area contributed by atoms with E-state index in [9.17, 15) is 31.9 Å². The number of nitrogens with zero attached hydrogens (tertiary/aromatic N) is 2. The molecule has 2 aliphatic rings. The molecule has 2 aromatic rings. The molecule has 2 aromatic carbocycles. The molecule has 42 heavy (non-hydrogen) atoms. The molecule has 0 radical (unpaired) electrons. The van der Waals surface area contributed by atoms with Crippen LogP contribution >= 0.6 is 11.6 Å². The maximum Gasteiger partial charge on any atom is 0.225 e. The Hall–Kier alpha value is -2.64. The van der Waals surface area contributed by atoms with E-state index in [1.807, 2.05) is 6.92 Å². The van der Waals surface area contributed by atoms with Gasteiger partial charge in [0.25, 0.3) is 0 Å². The molecule has 4 atom stereocenters. The fourth-order valence-electron chi connectivity index (χ4n) is 5.49. The summed E-state index contributed by atoms with van der Waals surface area (Å²) in [6.07, 6.45) is 0.313. The van der Waals surface area contributed by atoms with Gasteiger partial charge in [0.1, 0.15) is 11.6 Å². The molecular weight excluding hydrogens is 590 g/mol. The molecule has 13 heteroatoms. The van der Waals surface area contributed by atoms with Gasteiger partial charge in [-0.1, -0.05) is 37.1 Å². The lowest BCUT2D eigenvalue weighted by Crippen LogP contribution is -2.62. The quantitative estimate of drug-likeness (QED) is 0.333. The second-order valence-electron chi connectivity index (χ2n) is 11.0. The van der Waals surface area contributed by atoms with E-state index in [1.165, 1.54) is 4.31 Å². The number of rotatable bonds is 12. The number of aliphatic hydroxyl groups excluding tert-OH is 1. The van der Waals surface area contributed by atoms with Crippen LogP contribution in [0.25, 0.3) is 0 Å². The number of unbranched alkanes of at least 4 members (excludes halogenated alkanes) is 1. The van der Waals surface area contributed by atoms with Gasteiger partial charge in [0.15, 0.2) is 0 Å². The van der Waals surface area contributed by atoms with E-state index in [4.69, 9.17) is 11.6 Å². The molecule has 0 bridgehead atoms. The van der Waals surface area contributed by atoms with Gasteiger partial charge in [-0.15, -0.1) is 0 Å². The van der Waals surface area contributed by atoms with E-state index in [-0.39, 0.29) is 56.2 Å². The number of carbonyl (C=O) groups excluding carboxylic acids is 2. The summed E-state index contributed by atoms with van der Waals surface area (Å²) in [6.45, 7) is 3.15. The van der Waals surface area contributed by atoms with Crippen molar-refractivity contribution in [2.75, 3.05) is 32.7 Å². The molecule has 2 saturated heterocycles. The third kappa shape index (κ3) is 8.47. The van der Waals surface area contributed by atoms with Gasteiger partial charge in [-0.25, -0.2) is 17.2 Å². The lowest BCUT2D eigenvalue weighted by molar-refractivity contribution is -0.129. The average molecular weight is 627 g/mol. The van der Waals surface area contributed by atoms with Crippen molar-refractivity contribution in [3.63, 3.8) is 0 Å². The summed E-state index contributed by atoms with van der Waals surface area (Å²) >= 11 is 6.02. The van der Waals surface area contributed by atoms with E-state index in [0.29, 0.717) is 17.1 Å². The molecule has 3 N–H and O–H groups in total. The van der Waals surface area contributed by atoms with Gasteiger partial charge < -0.3 is 20.6 Å². The highest BCUT2D eigenvalue weighted by Crippen LogP contribution is 2.22. The van der Waals surface area contributed by atoms with Gasteiger partial charge in [0.2, 0.25) is 21.8 Å². The first kappa shape index (κ1) is 32.3. The zero-order valence-corrected chi connectivity index (χ0v) is 25.0. The number of likely N-dealkylation sites (tertiary alicyclic amines) is 1. The smallest absolute Gasteiger partial charge is 0.225 e. The third-order valence-electron chi connectivity index (χ3n) is 7.70. The molecule has 2 unspecified atom stereocenters. The lowest BCUT2D eigenvalue weighted by Gasteiger charge is -2.38. The van der Waals surface area contributed by atoms with Gasteiger partial charge in [0, 0.05) is 56.3 Å². The highest BCUT2D eigenvalue weighted by atomic mass is 35.5. The summed E-state index contributed by atoms with van der Waals surface area (Å²) in [4.78, 5) is 27.4. The van der Waals surface area contributed by atoms with Gasteiger partial charge >= 0.3 is 0 Å². The van der Waals surface area contributed by atoms with Crippen LogP contribution in [0, 0.1) is 17.6 Å². The van der Waals surface area contributed by atoms with Crippen molar-refractivity contribution in [1.29, 1.82) is 0 Å². The molecule has 2 aliphatic heterocycles. The van der Waals surface area contributed by atoms with Crippen LogP contribution in [0.15, 0.2) is 42.5 Å². The summed E-state index contributed by atoms with van der Waals surface area (Å²) < 4.78 is 55.7. The van der Waals surface area contributed by atoms with Crippen molar-refractivity contribution in [2.24, 2.45) is 5.92 Å². The van der Waals surface area contributed by atoms with Crippen LogP contribution < -0.4 is 10.6 Å². The highest BCUT2D eigenvalue weighted by Gasteiger charge is 2.39. The number of carbonyl (C=O) groups is 2. The molecule has 0 aromatic heterocycles. The highest BCUT2D eigenvalue weighted by molar-refractivity contribution is 7.88. The molecule has 0 aliphatic carbocycles. The molecule has 4 rings (SSSR count). The fourth-order valence-corrected chi connectivity index (χ4v) is 7.25. The maximum atomic E-state index is 14.0. The number of halogens is 3. The standard InChI is InChI=1S/C29H37ClF2N4O5S/c1-2-3-8-35-16-21(14-27(35)37)29(39)34-25(13-20-11-23(31)15-24(32)12-20)28(38)26-17-36(9-7-33-26)42(40,41)18-19-5-4-6-22(30)10-19/h4-6,10-12,15,21,25-26,28,33,38H,2-3,7-9,13-14,16-18H2,1H3,(H,34,39)/t21?,25?,26-,28+/m1/s1. The number of aliphatic hydroxyl groups is 1. The second kappa shape index (κ2) is 14.2. The molecule has 2 amide bonds. The van der Waals surface area contributed by atoms with Gasteiger partial charge in [-0.3, -0.25) is 9.59 Å². The lowest BCUT2D eigenvalue weighted by atomic mass is 9.94. The Morgan fingerprint density at radius 3 is 2.60 bits per heavy atom.